The first kappa shape index (κ1) is 14.2. The van der Waals surface area contributed by atoms with Gasteiger partial charge in [0.2, 0.25) is 5.91 Å². The molecule has 3 N–H and O–H groups in total. The Morgan fingerprint density at radius 2 is 2.28 bits per heavy atom. The molecule has 6 nitrogen and oxygen atoms in total. The molecule has 0 radical (unpaired) electrons. The Bertz CT molecular complexity index is 454. The normalized spacial score (nSPS) is 10.6. The molecule has 0 fully saturated rings. The molecule has 1 amide bonds. The van der Waals surface area contributed by atoms with Crippen LogP contribution in [0.3, 0.4) is 0 Å². The van der Waals surface area contributed by atoms with Crippen LogP contribution in [-0.4, -0.2) is 22.0 Å². The third-order valence-electron chi connectivity index (χ3n) is 2.37. The van der Waals surface area contributed by atoms with E-state index in [-0.39, 0.29) is 11.5 Å². The van der Waals surface area contributed by atoms with E-state index in [0.29, 0.717) is 37.7 Å². The minimum Gasteiger partial charge on any atom is -0.370 e. The van der Waals surface area contributed by atoms with Crippen LogP contribution in [0.4, 0.5) is 5.82 Å². The second-order valence-electron chi connectivity index (χ2n) is 4.62. The number of aromatic nitrogens is 2. The molecule has 1 aromatic rings. The lowest BCUT2D eigenvalue weighted by molar-refractivity contribution is -0.118. The van der Waals surface area contributed by atoms with E-state index in [2.05, 4.69) is 10.3 Å². The SMILES string of the molecule is CC(C)Cn1ccnc(NCCCC(N)=O)c1=O. The molecule has 0 bridgehead atoms. The van der Waals surface area contributed by atoms with Crippen LogP contribution in [0.15, 0.2) is 17.2 Å². The Balaban J connectivity index is 2.61. The predicted octanol–water partition coefficient (Wildman–Crippen LogP) is 0.577. The van der Waals surface area contributed by atoms with Gasteiger partial charge in [-0.2, -0.15) is 0 Å². The highest BCUT2D eigenvalue weighted by Gasteiger charge is 2.05. The molecule has 0 atom stereocenters. The molecule has 18 heavy (non-hydrogen) atoms. The van der Waals surface area contributed by atoms with Crippen molar-refractivity contribution >= 4 is 11.7 Å². The number of rotatable bonds is 7. The van der Waals surface area contributed by atoms with Crippen LogP contribution >= 0.6 is 0 Å². The molecule has 0 unspecified atom stereocenters. The monoisotopic (exact) mass is 252 g/mol. The average Bonchev–Trinajstić information content (AvgIpc) is 2.28. The summed E-state index contributed by atoms with van der Waals surface area (Å²) < 4.78 is 1.63. The van der Waals surface area contributed by atoms with Gasteiger partial charge < -0.3 is 15.6 Å². The number of carbonyl (C=O) groups excluding carboxylic acids is 1. The smallest absolute Gasteiger partial charge is 0.293 e. The maximum atomic E-state index is 12.0. The number of nitrogens with zero attached hydrogens (tertiary/aromatic N) is 2. The van der Waals surface area contributed by atoms with Crippen LogP contribution in [-0.2, 0) is 11.3 Å². The van der Waals surface area contributed by atoms with E-state index >= 15 is 0 Å². The van der Waals surface area contributed by atoms with Gasteiger partial charge in [0.1, 0.15) is 0 Å². The van der Waals surface area contributed by atoms with Crippen molar-refractivity contribution in [3.05, 3.63) is 22.7 Å². The number of primary amides is 1. The van der Waals surface area contributed by atoms with Gasteiger partial charge in [-0.1, -0.05) is 13.8 Å². The summed E-state index contributed by atoms with van der Waals surface area (Å²) in [6.07, 6.45) is 4.17. The number of amides is 1. The predicted molar refractivity (Wildman–Crippen MR) is 70.3 cm³/mol. The van der Waals surface area contributed by atoms with Crippen molar-refractivity contribution in [2.45, 2.75) is 33.2 Å². The third-order valence-corrected chi connectivity index (χ3v) is 2.37. The summed E-state index contributed by atoms with van der Waals surface area (Å²) in [5, 5.41) is 2.93. The molecule has 0 aromatic carbocycles. The first-order valence-corrected chi connectivity index (χ1v) is 6.08. The summed E-state index contributed by atoms with van der Waals surface area (Å²) in [5.41, 5.74) is 4.90. The zero-order chi connectivity index (χ0) is 13.5. The van der Waals surface area contributed by atoms with Gasteiger partial charge in [0, 0.05) is 31.9 Å². The van der Waals surface area contributed by atoms with Crippen molar-refractivity contribution in [3.8, 4) is 0 Å². The summed E-state index contributed by atoms with van der Waals surface area (Å²) in [6, 6.07) is 0. The first-order chi connectivity index (χ1) is 8.50. The molecule has 0 saturated carbocycles. The third kappa shape index (κ3) is 4.57. The van der Waals surface area contributed by atoms with Gasteiger partial charge in [-0.05, 0) is 12.3 Å². The standard InChI is InChI=1S/C12H20N4O2/c1-9(2)8-16-7-6-15-11(12(16)18)14-5-3-4-10(13)17/h6-7,9H,3-5,8H2,1-2H3,(H2,13,17)(H,14,15). The molecule has 100 valence electrons. The minimum absolute atomic E-state index is 0.134. The second kappa shape index (κ2) is 6.78. The van der Waals surface area contributed by atoms with E-state index in [1.807, 2.05) is 13.8 Å². The van der Waals surface area contributed by atoms with Gasteiger partial charge in [-0.3, -0.25) is 9.59 Å². The largest absolute Gasteiger partial charge is 0.370 e. The highest BCUT2D eigenvalue weighted by molar-refractivity contribution is 5.73. The van der Waals surface area contributed by atoms with E-state index in [1.54, 1.807) is 17.0 Å². The lowest BCUT2D eigenvalue weighted by Gasteiger charge is -2.10. The topological polar surface area (TPSA) is 90.0 Å². The van der Waals surface area contributed by atoms with Crippen molar-refractivity contribution in [2.75, 3.05) is 11.9 Å². The Morgan fingerprint density at radius 1 is 1.56 bits per heavy atom. The second-order valence-corrected chi connectivity index (χ2v) is 4.62. The number of nitrogens with two attached hydrogens (primary N) is 1. The van der Waals surface area contributed by atoms with E-state index in [9.17, 15) is 9.59 Å². The number of hydrogen-bond acceptors (Lipinski definition) is 4. The fourth-order valence-corrected chi connectivity index (χ4v) is 1.58. The van der Waals surface area contributed by atoms with Crippen LogP contribution < -0.4 is 16.6 Å². The van der Waals surface area contributed by atoms with Crippen molar-refractivity contribution in [2.24, 2.45) is 11.7 Å². The van der Waals surface area contributed by atoms with Crippen molar-refractivity contribution < 1.29 is 4.79 Å². The van der Waals surface area contributed by atoms with Crippen molar-refractivity contribution in [3.63, 3.8) is 0 Å². The van der Waals surface area contributed by atoms with Gasteiger partial charge in [-0.25, -0.2) is 4.98 Å². The molecule has 1 aromatic heterocycles. The molecular weight excluding hydrogens is 232 g/mol. The van der Waals surface area contributed by atoms with Crippen LogP contribution in [0.1, 0.15) is 26.7 Å². The summed E-state index contributed by atoms with van der Waals surface area (Å²) in [5.74, 6) is 0.380. The zero-order valence-corrected chi connectivity index (χ0v) is 10.8. The molecule has 0 spiro atoms. The highest BCUT2D eigenvalue weighted by Crippen LogP contribution is 1.99. The van der Waals surface area contributed by atoms with Crippen LogP contribution in [0.2, 0.25) is 0 Å². The van der Waals surface area contributed by atoms with Gasteiger partial charge in [0.25, 0.3) is 5.56 Å². The maximum absolute atomic E-state index is 12.0. The molecule has 1 heterocycles. The Hall–Kier alpha value is -1.85. The lowest BCUT2D eigenvalue weighted by atomic mass is 10.2. The Morgan fingerprint density at radius 3 is 2.89 bits per heavy atom. The van der Waals surface area contributed by atoms with E-state index in [1.165, 1.54) is 0 Å². The minimum atomic E-state index is -0.338. The quantitative estimate of drug-likeness (QED) is 0.694. The Kier molecular flexibility index (Phi) is 5.35. The lowest BCUT2D eigenvalue weighted by Crippen LogP contribution is -2.26. The van der Waals surface area contributed by atoms with Gasteiger partial charge in [-0.15, -0.1) is 0 Å². The van der Waals surface area contributed by atoms with Crippen molar-refractivity contribution in [1.82, 2.24) is 9.55 Å². The number of carbonyl (C=O) groups is 1. The first-order valence-electron chi connectivity index (χ1n) is 6.08. The average molecular weight is 252 g/mol. The van der Waals surface area contributed by atoms with Gasteiger partial charge in [0.15, 0.2) is 5.82 Å². The van der Waals surface area contributed by atoms with Crippen LogP contribution in [0, 0.1) is 5.92 Å². The van der Waals surface area contributed by atoms with Crippen molar-refractivity contribution in [1.29, 1.82) is 0 Å². The summed E-state index contributed by atoms with van der Waals surface area (Å²) >= 11 is 0. The van der Waals surface area contributed by atoms with Crippen LogP contribution in [0.5, 0.6) is 0 Å². The van der Waals surface area contributed by atoms with Crippen LogP contribution in [0.25, 0.3) is 0 Å². The molecular formula is C12H20N4O2. The summed E-state index contributed by atoms with van der Waals surface area (Å²) in [7, 11) is 0. The highest BCUT2D eigenvalue weighted by atomic mass is 16.1. The number of hydrogen-bond donors (Lipinski definition) is 2. The number of nitrogens with one attached hydrogen (secondary N) is 1. The van der Waals surface area contributed by atoms with E-state index in [0.717, 1.165) is 0 Å². The van der Waals surface area contributed by atoms with Gasteiger partial charge in [0.05, 0.1) is 0 Å². The molecule has 0 saturated heterocycles. The zero-order valence-electron chi connectivity index (χ0n) is 10.8. The van der Waals surface area contributed by atoms with Gasteiger partial charge >= 0.3 is 0 Å². The number of anilines is 1. The molecule has 0 aliphatic carbocycles. The fraction of sp³-hybridized carbons (Fsp3) is 0.583. The molecule has 0 aliphatic heterocycles. The summed E-state index contributed by atoms with van der Waals surface area (Å²) in [4.78, 5) is 26.5. The van der Waals surface area contributed by atoms with E-state index in [4.69, 9.17) is 5.73 Å². The summed E-state index contributed by atoms with van der Waals surface area (Å²) in [6.45, 7) is 5.27. The molecule has 6 heteroatoms. The maximum Gasteiger partial charge on any atom is 0.293 e. The molecule has 0 aliphatic rings. The van der Waals surface area contributed by atoms with E-state index < -0.39 is 0 Å². The molecule has 1 rings (SSSR count). The Labute approximate surface area is 106 Å². The fourth-order valence-electron chi connectivity index (χ4n) is 1.58.